The van der Waals surface area contributed by atoms with Gasteiger partial charge in [0.25, 0.3) is 0 Å². The molecule has 0 fully saturated rings. The van der Waals surface area contributed by atoms with E-state index in [1.165, 1.54) is 17.7 Å². The number of thioether (sulfide) groups is 1. The van der Waals surface area contributed by atoms with Crippen LogP contribution in [0.5, 0.6) is 0 Å². The number of anilines is 1. The van der Waals surface area contributed by atoms with Gasteiger partial charge >= 0.3 is 0 Å². The Labute approximate surface area is 103 Å². The fourth-order valence-corrected chi connectivity index (χ4v) is 2.14. The minimum atomic E-state index is 0.436. The number of rotatable bonds is 6. The molecule has 0 radical (unpaired) electrons. The number of nitrogens with zero attached hydrogens (tertiary/aromatic N) is 1. The van der Waals surface area contributed by atoms with E-state index in [1.807, 2.05) is 23.9 Å². The minimum Gasteiger partial charge on any atom is -0.399 e. The van der Waals surface area contributed by atoms with Gasteiger partial charge in [-0.1, -0.05) is 12.1 Å². The minimum absolute atomic E-state index is 0.436. The van der Waals surface area contributed by atoms with Gasteiger partial charge in [0.15, 0.2) is 0 Å². The normalized spacial score (nSPS) is 13.0. The van der Waals surface area contributed by atoms with Crippen LogP contribution in [0.25, 0.3) is 0 Å². The van der Waals surface area contributed by atoms with E-state index in [1.54, 1.807) is 0 Å². The molecule has 0 saturated carbocycles. The Balaban J connectivity index is 2.52. The van der Waals surface area contributed by atoms with Crippen LogP contribution in [-0.2, 0) is 0 Å². The second kappa shape index (κ2) is 6.81. The average molecular weight is 238 g/mol. The van der Waals surface area contributed by atoms with E-state index in [-0.39, 0.29) is 0 Å². The lowest BCUT2D eigenvalue weighted by Gasteiger charge is -2.25. The number of nitrogens with two attached hydrogens (primary N) is 1. The highest BCUT2D eigenvalue weighted by atomic mass is 32.2. The van der Waals surface area contributed by atoms with Gasteiger partial charge in [-0.15, -0.1) is 0 Å². The molecular weight excluding hydrogens is 216 g/mol. The molecule has 0 aliphatic carbocycles. The molecule has 0 bridgehead atoms. The van der Waals surface area contributed by atoms with E-state index in [2.05, 4.69) is 37.3 Å². The monoisotopic (exact) mass is 238 g/mol. The van der Waals surface area contributed by atoms with Crippen molar-refractivity contribution >= 4 is 17.4 Å². The Bertz CT molecular complexity index is 315. The maximum atomic E-state index is 5.80. The SMILES string of the molecule is CSCCCN(C)C(C)c1cccc(N)c1. The molecule has 1 aromatic rings. The molecule has 1 atom stereocenters. The van der Waals surface area contributed by atoms with Crippen LogP contribution in [0.15, 0.2) is 24.3 Å². The number of hydrogen-bond acceptors (Lipinski definition) is 3. The molecule has 0 aliphatic heterocycles. The first-order valence-electron chi connectivity index (χ1n) is 5.69. The molecule has 0 saturated heterocycles. The summed E-state index contributed by atoms with van der Waals surface area (Å²) >= 11 is 1.91. The summed E-state index contributed by atoms with van der Waals surface area (Å²) in [5.74, 6) is 1.23. The van der Waals surface area contributed by atoms with Gasteiger partial charge in [0.05, 0.1) is 0 Å². The molecule has 0 spiro atoms. The second-order valence-electron chi connectivity index (χ2n) is 4.17. The third kappa shape index (κ3) is 4.06. The fourth-order valence-electron chi connectivity index (χ4n) is 1.73. The average Bonchev–Trinajstić information content (AvgIpc) is 2.28. The second-order valence-corrected chi connectivity index (χ2v) is 5.16. The summed E-state index contributed by atoms with van der Waals surface area (Å²) in [4.78, 5) is 2.38. The summed E-state index contributed by atoms with van der Waals surface area (Å²) in [6.45, 7) is 3.37. The van der Waals surface area contributed by atoms with Crippen LogP contribution in [-0.4, -0.2) is 30.5 Å². The summed E-state index contributed by atoms with van der Waals surface area (Å²) in [6.07, 6.45) is 3.39. The lowest BCUT2D eigenvalue weighted by molar-refractivity contribution is 0.263. The smallest absolute Gasteiger partial charge is 0.0317 e. The molecule has 2 N–H and O–H groups in total. The third-order valence-electron chi connectivity index (χ3n) is 2.91. The van der Waals surface area contributed by atoms with Crippen molar-refractivity contribution in [3.05, 3.63) is 29.8 Å². The van der Waals surface area contributed by atoms with Crippen LogP contribution in [0.4, 0.5) is 5.69 Å². The largest absolute Gasteiger partial charge is 0.399 e. The predicted molar refractivity (Wildman–Crippen MR) is 74.9 cm³/mol. The Hall–Kier alpha value is -0.670. The van der Waals surface area contributed by atoms with Crippen LogP contribution >= 0.6 is 11.8 Å². The molecule has 1 unspecified atom stereocenters. The van der Waals surface area contributed by atoms with Crippen molar-refractivity contribution < 1.29 is 0 Å². The number of benzene rings is 1. The van der Waals surface area contributed by atoms with Crippen LogP contribution in [0.3, 0.4) is 0 Å². The van der Waals surface area contributed by atoms with Gasteiger partial charge in [-0.2, -0.15) is 11.8 Å². The Morgan fingerprint density at radius 3 is 2.81 bits per heavy atom. The van der Waals surface area contributed by atoms with Gasteiger partial charge in [0.1, 0.15) is 0 Å². The highest BCUT2D eigenvalue weighted by molar-refractivity contribution is 7.98. The Kier molecular flexibility index (Phi) is 5.71. The summed E-state index contributed by atoms with van der Waals surface area (Å²) in [5, 5.41) is 0. The maximum Gasteiger partial charge on any atom is 0.0317 e. The molecule has 1 rings (SSSR count). The molecule has 0 amide bonds. The third-order valence-corrected chi connectivity index (χ3v) is 3.61. The molecule has 1 aromatic carbocycles. The van der Waals surface area contributed by atoms with Gasteiger partial charge < -0.3 is 5.73 Å². The molecule has 2 nitrogen and oxygen atoms in total. The highest BCUT2D eigenvalue weighted by Gasteiger charge is 2.10. The first kappa shape index (κ1) is 13.4. The Morgan fingerprint density at radius 1 is 1.44 bits per heavy atom. The van der Waals surface area contributed by atoms with Crippen molar-refractivity contribution in [3.63, 3.8) is 0 Å². The summed E-state index contributed by atoms with van der Waals surface area (Å²) in [7, 11) is 2.17. The van der Waals surface area contributed by atoms with Crippen LogP contribution < -0.4 is 5.73 Å². The van der Waals surface area contributed by atoms with E-state index in [0.29, 0.717) is 6.04 Å². The first-order chi connectivity index (χ1) is 7.65. The van der Waals surface area contributed by atoms with E-state index in [4.69, 9.17) is 5.73 Å². The first-order valence-corrected chi connectivity index (χ1v) is 7.09. The number of hydrogen-bond donors (Lipinski definition) is 1. The zero-order valence-corrected chi connectivity index (χ0v) is 11.3. The van der Waals surface area contributed by atoms with Crippen LogP contribution in [0.2, 0.25) is 0 Å². The van der Waals surface area contributed by atoms with Crippen molar-refractivity contribution in [2.24, 2.45) is 0 Å². The molecule has 3 heteroatoms. The lowest BCUT2D eigenvalue weighted by Crippen LogP contribution is -2.24. The van der Waals surface area contributed by atoms with Gasteiger partial charge in [-0.3, -0.25) is 4.90 Å². The van der Waals surface area contributed by atoms with E-state index in [0.717, 1.165) is 12.2 Å². The van der Waals surface area contributed by atoms with Crippen molar-refractivity contribution in [2.45, 2.75) is 19.4 Å². The van der Waals surface area contributed by atoms with Crippen LogP contribution in [0, 0.1) is 0 Å². The Morgan fingerprint density at radius 2 is 2.19 bits per heavy atom. The summed E-state index contributed by atoms with van der Waals surface area (Å²) in [5.41, 5.74) is 7.94. The lowest BCUT2D eigenvalue weighted by atomic mass is 10.1. The summed E-state index contributed by atoms with van der Waals surface area (Å²) < 4.78 is 0. The highest BCUT2D eigenvalue weighted by Crippen LogP contribution is 2.20. The quantitative estimate of drug-likeness (QED) is 0.610. The van der Waals surface area contributed by atoms with Gasteiger partial charge in [-0.25, -0.2) is 0 Å². The van der Waals surface area contributed by atoms with Gasteiger partial charge in [-0.05, 0) is 56.6 Å². The summed E-state index contributed by atoms with van der Waals surface area (Å²) in [6, 6.07) is 8.60. The molecule has 90 valence electrons. The molecule has 16 heavy (non-hydrogen) atoms. The molecule has 0 heterocycles. The molecule has 0 aliphatic rings. The van der Waals surface area contributed by atoms with Gasteiger partial charge in [0.2, 0.25) is 0 Å². The topological polar surface area (TPSA) is 29.3 Å². The predicted octanol–water partition coefficient (Wildman–Crippen LogP) is 3.01. The molecule has 0 aromatic heterocycles. The van der Waals surface area contributed by atoms with E-state index in [9.17, 15) is 0 Å². The van der Waals surface area contributed by atoms with Crippen molar-refractivity contribution in [3.8, 4) is 0 Å². The van der Waals surface area contributed by atoms with E-state index < -0.39 is 0 Å². The maximum absolute atomic E-state index is 5.80. The van der Waals surface area contributed by atoms with E-state index >= 15 is 0 Å². The van der Waals surface area contributed by atoms with Crippen molar-refractivity contribution in [1.82, 2.24) is 4.90 Å². The fraction of sp³-hybridized carbons (Fsp3) is 0.538. The zero-order valence-electron chi connectivity index (χ0n) is 10.4. The standard InChI is InChI=1S/C13H22N2S/c1-11(15(2)8-5-9-16-3)12-6-4-7-13(14)10-12/h4,6-7,10-11H,5,8-9,14H2,1-3H3. The van der Waals surface area contributed by atoms with Gasteiger partial charge in [0, 0.05) is 11.7 Å². The van der Waals surface area contributed by atoms with Crippen LogP contribution in [0.1, 0.15) is 24.9 Å². The van der Waals surface area contributed by atoms with Crippen molar-refractivity contribution in [2.75, 3.05) is 31.3 Å². The zero-order chi connectivity index (χ0) is 12.0. The molecular formula is C13H22N2S. The number of nitrogen functional groups attached to an aromatic ring is 1. The van der Waals surface area contributed by atoms with Crippen molar-refractivity contribution in [1.29, 1.82) is 0 Å².